The van der Waals surface area contributed by atoms with E-state index in [4.69, 9.17) is 5.11 Å². The highest BCUT2D eigenvalue weighted by Gasteiger charge is 2.39. The summed E-state index contributed by atoms with van der Waals surface area (Å²) in [5, 5.41) is 8.26. The Kier molecular flexibility index (Phi) is 3.31. The number of ether oxygens (including phenoxy) is 1. The monoisotopic (exact) mass is 172 g/mol. The van der Waals surface area contributed by atoms with Crippen LogP contribution in [0.25, 0.3) is 0 Å². The molecule has 1 atom stereocenters. The number of aliphatic hydroxyl groups is 1. The minimum absolute atomic E-state index is 0.950. The first kappa shape index (κ1) is 10.2. The lowest BCUT2D eigenvalue weighted by molar-refractivity contribution is -0.209. The van der Waals surface area contributed by atoms with Gasteiger partial charge in [-0.25, -0.2) is 0 Å². The number of methoxy groups -OCH3 is 1. The second kappa shape index (κ2) is 3.56. The summed E-state index contributed by atoms with van der Waals surface area (Å²) in [5.41, 5.74) is 0. The Morgan fingerprint density at radius 1 is 1.64 bits per heavy atom. The smallest absolute Gasteiger partial charge is 0.414 e. The van der Waals surface area contributed by atoms with Gasteiger partial charge in [0.25, 0.3) is 0 Å². The van der Waals surface area contributed by atoms with Crippen LogP contribution >= 0.6 is 0 Å². The topological polar surface area (TPSA) is 46.5 Å². The average molecular weight is 172 g/mol. The van der Waals surface area contributed by atoms with Crippen molar-refractivity contribution in [1.82, 2.24) is 0 Å². The van der Waals surface area contributed by atoms with Crippen molar-refractivity contribution in [2.45, 2.75) is 18.7 Å². The van der Waals surface area contributed by atoms with Crippen LogP contribution in [0, 0.1) is 0 Å². The Morgan fingerprint density at radius 3 is 2.36 bits per heavy atom. The van der Waals surface area contributed by atoms with Crippen LogP contribution in [0.5, 0.6) is 0 Å². The van der Waals surface area contributed by atoms with Gasteiger partial charge in [-0.3, -0.25) is 4.79 Å². The molecule has 11 heavy (non-hydrogen) atoms. The van der Waals surface area contributed by atoms with Crippen LogP contribution in [0.2, 0.25) is 0 Å². The second-order valence-corrected chi connectivity index (χ2v) is 1.84. The predicted molar refractivity (Wildman–Crippen MR) is 28.7 cm³/mol. The fraction of sp³-hybridized carbons (Fsp3) is 0.800. The minimum atomic E-state index is -4.76. The summed E-state index contributed by atoms with van der Waals surface area (Å²) in [5.74, 6) is -1.09. The van der Waals surface area contributed by atoms with Crippen LogP contribution in [-0.4, -0.2) is 30.5 Å². The van der Waals surface area contributed by atoms with Gasteiger partial charge in [-0.05, 0) is 0 Å². The van der Waals surface area contributed by atoms with Crippen LogP contribution in [0.15, 0.2) is 0 Å². The van der Waals surface area contributed by atoms with Crippen LogP contribution in [0.1, 0.15) is 6.42 Å². The molecule has 0 aliphatic heterocycles. The number of carbonyl (C=O) groups excluding carboxylic acids is 1. The minimum Gasteiger partial charge on any atom is -0.469 e. The zero-order valence-electron chi connectivity index (χ0n) is 5.68. The normalized spacial score (nSPS) is 14.3. The lowest BCUT2D eigenvalue weighted by Crippen LogP contribution is -2.31. The molecule has 0 saturated heterocycles. The maximum Gasteiger partial charge on any atom is 0.414 e. The second-order valence-electron chi connectivity index (χ2n) is 1.84. The van der Waals surface area contributed by atoms with Crippen molar-refractivity contribution in [2.75, 3.05) is 7.11 Å². The third-order valence-corrected chi connectivity index (χ3v) is 0.966. The molecular weight excluding hydrogens is 165 g/mol. The molecule has 0 aromatic carbocycles. The molecule has 0 fully saturated rings. The van der Waals surface area contributed by atoms with Gasteiger partial charge in [0.15, 0.2) is 6.10 Å². The van der Waals surface area contributed by atoms with Gasteiger partial charge in [0.05, 0.1) is 13.5 Å². The molecule has 0 aromatic heterocycles. The van der Waals surface area contributed by atoms with Crippen molar-refractivity contribution >= 4 is 5.97 Å². The summed E-state index contributed by atoms with van der Waals surface area (Å²) >= 11 is 0. The highest BCUT2D eigenvalue weighted by molar-refractivity contribution is 5.69. The predicted octanol–water partition coefficient (Wildman–Crippen LogP) is 0.473. The molecule has 1 N–H and O–H groups in total. The lowest BCUT2D eigenvalue weighted by atomic mass is 10.2. The van der Waals surface area contributed by atoms with Crippen LogP contribution in [-0.2, 0) is 9.53 Å². The summed E-state index contributed by atoms with van der Waals surface area (Å²) in [6.45, 7) is 0. The molecule has 0 spiro atoms. The average Bonchev–Trinajstić information content (AvgIpc) is 1.85. The molecule has 0 rings (SSSR count). The van der Waals surface area contributed by atoms with E-state index < -0.39 is 24.7 Å². The summed E-state index contributed by atoms with van der Waals surface area (Å²) in [6, 6.07) is 0. The number of hydrogen-bond donors (Lipinski definition) is 1. The highest BCUT2D eigenvalue weighted by Crippen LogP contribution is 2.22. The zero-order valence-corrected chi connectivity index (χ0v) is 5.68. The van der Waals surface area contributed by atoms with Gasteiger partial charge in [-0.2, -0.15) is 13.2 Å². The van der Waals surface area contributed by atoms with Gasteiger partial charge in [-0.15, -0.1) is 0 Å². The molecule has 0 aromatic rings. The zero-order chi connectivity index (χ0) is 9.07. The van der Waals surface area contributed by atoms with Crippen molar-refractivity contribution in [1.29, 1.82) is 0 Å². The summed E-state index contributed by atoms with van der Waals surface area (Å²) < 4.78 is 38.4. The summed E-state index contributed by atoms with van der Waals surface area (Å²) in [7, 11) is 0.950. The van der Waals surface area contributed by atoms with E-state index in [1.54, 1.807) is 0 Å². The van der Waals surface area contributed by atoms with Gasteiger partial charge in [0.2, 0.25) is 0 Å². The molecule has 0 heterocycles. The lowest BCUT2D eigenvalue weighted by Gasteiger charge is -2.12. The number of halogens is 3. The van der Waals surface area contributed by atoms with E-state index in [2.05, 4.69) is 4.74 Å². The molecule has 3 nitrogen and oxygen atoms in total. The third kappa shape index (κ3) is 3.82. The maximum atomic E-state index is 11.5. The summed E-state index contributed by atoms with van der Waals surface area (Å²) in [4.78, 5) is 10.2. The van der Waals surface area contributed by atoms with Gasteiger partial charge in [0.1, 0.15) is 0 Å². The number of hydrogen-bond acceptors (Lipinski definition) is 3. The van der Waals surface area contributed by atoms with E-state index in [-0.39, 0.29) is 0 Å². The van der Waals surface area contributed by atoms with Crippen molar-refractivity contribution in [2.24, 2.45) is 0 Å². The Morgan fingerprint density at radius 2 is 2.09 bits per heavy atom. The Bertz CT molecular complexity index is 142. The van der Waals surface area contributed by atoms with Gasteiger partial charge in [-0.1, -0.05) is 0 Å². The van der Waals surface area contributed by atoms with Gasteiger partial charge < -0.3 is 9.84 Å². The first-order valence-electron chi connectivity index (χ1n) is 2.69. The van der Waals surface area contributed by atoms with E-state index >= 15 is 0 Å². The Hall–Kier alpha value is -0.780. The molecule has 0 saturated carbocycles. The number of esters is 1. The standard InChI is InChI=1S/C5H7F3O3/c1-11-4(10)2-3(9)5(6,7)8/h3,9H,2H2,1H3/t3-/m0/s1. The van der Waals surface area contributed by atoms with E-state index in [0.29, 0.717) is 0 Å². The van der Waals surface area contributed by atoms with E-state index in [1.165, 1.54) is 0 Å². The molecule has 0 aliphatic carbocycles. The van der Waals surface area contributed by atoms with Crippen LogP contribution < -0.4 is 0 Å². The number of carbonyl (C=O) groups is 1. The Balaban J connectivity index is 3.87. The van der Waals surface area contributed by atoms with Crippen molar-refractivity contribution in [3.8, 4) is 0 Å². The Labute approximate surface area is 60.8 Å². The number of aliphatic hydroxyl groups excluding tert-OH is 1. The molecule has 0 unspecified atom stereocenters. The van der Waals surface area contributed by atoms with Crippen molar-refractivity contribution in [3.05, 3.63) is 0 Å². The maximum absolute atomic E-state index is 11.5. The number of rotatable bonds is 2. The fourth-order valence-corrected chi connectivity index (χ4v) is 0.357. The van der Waals surface area contributed by atoms with Crippen LogP contribution in [0.3, 0.4) is 0 Å². The summed E-state index contributed by atoms with van der Waals surface area (Å²) in [6.07, 6.45) is -8.44. The molecule has 0 bridgehead atoms. The van der Waals surface area contributed by atoms with Crippen molar-refractivity contribution in [3.63, 3.8) is 0 Å². The van der Waals surface area contributed by atoms with Gasteiger partial charge in [0, 0.05) is 0 Å². The molecule has 0 radical (unpaired) electrons. The molecular formula is C5H7F3O3. The molecule has 66 valence electrons. The van der Waals surface area contributed by atoms with Crippen LogP contribution in [0.4, 0.5) is 13.2 Å². The molecule has 0 amide bonds. The number of alkyl halides is 3. The molecule has 0 aliphatic rings. The first-order chi connectivity index (χ1) is 4.88. The molecule has 6 heteroatoms. The van der Waals surface area contributed by atoms with E-state index in [1.807, 2.05) is 0 Å². The van der Waals surface area contributed by atoms with Gasteiger partial charge >= 0.3 is 12.1 Å². The highest BCUT2D eigenvalue weighted by atomic mass is 19.4. The van der Waals surface area contributed by atoms with E-state index in [0.717, 1.165) is 7.11 Å². The first-order valence-corrected chi connectivity index (χ1v) is 2.69. The SMILES string of the molecule is COC(=O)C[C@H](O)C(F)(F)F. The quantitative estimate of drug-likeness (QED) is 0.616. The third-order valence-electron chi connectivity index (χ3n) is 0.966. The largest absolute Gasteiger partial charge is 0.469 e. The van der Waals surface area contributed by atoms with Crippen molar-refractivity contribution < 1.29 is 27.8 Å². The fourth-order valence-electron chi connectivity index (χ4n) is 0.357. The van der Waals surface area contributed by atoms with E-state index in [9.17, 15) is 18.0 Å².